The molecule has 0 radical (unpaired) electrons. The Bertz CT molecular complexity index is 625. The molecule has 0 saturated carbocycles. The number of carbonyl (C=O) groups excluding carboxylic acids is 2. The van der Waals surface area contributed by atoms with Crippen LogP contribution >= 0.6 is 11.3 Å². The number of carbonyl (C=O) groups is 2. The summed E-state index contributed by atoms with van der Waals surface area (Å²) in [6, 6.07) is 0.291. The number of rotatable bonds is 2. The lowest BCUT2D eigenvalue weighted by Gasteiger charge is -2.41. The van der Waals surface area contributed by atoms with Gasteiger partial charge in [-0.15, -0.1) is 11.3 Å². The van der Waals surface area contributed by atoms with Gasteiger partial charge >= 0.3 is 0 Å². The molecule has 6 heteroatoms. The van der Waals surface area contributed by atoms with Gasteiger partial charge in [-0.05, 0) is 38.2 Å². The van der Waals surface area contributed by atoms with Crippen molar-refractivity contribution >= 4 is 29.2 Å². The molecular weight excluding hydrogens is 310 g/mol. The van der Waals surface area contributed by atoms with Crippen LogP contribution < -0.4 is 0 Å². The molecule has 0 unspecified atom stereocenters. The van der Waals surface area contributed by atoms with Crippen molar-refractivity contribution in [3.63, 3.8) is 0 Å². The van der Waals surface area contributed by atoms with E-state index in [1.54, 1.807) is 23.5 Å². The topological polar surface area (TPSA) is 53.5 Å². The normalized spacial score (nSPS) is 25.6. The fourth-order valence-corrected chi connectivity index (χ4v) is 4.19. The summed E-state index contributed by atoms with van der Waals surface area (Å²) >= 11 is 1.58. The van der Waals surface area contributed by atoms with Crippen LogP contribution in [0.5, 0.6) is 0 Å². The summed E-state index contributed by atoms with van der Waals surface area (Å²) < 4.78 is 0. The lowest BCUT2D eigenvalue weighted by Crippen LogP contribution is -2.51. The monoisotopic (exact) mass is 333 g/mol. The highest BCUT2D eigenvalue weighted by atomic mass is 32.1. The first-order valence-corrected chi connectivity index (χ1v) is 9.07. The van der Waals surface area contributed by atoms with E-state index in [2.05, 4.69) is 4.98 Å². The maximum atomic E-state index is 12.4. The van der Waals surface area contributed by atoms with Gasteiger partial charge in [-0.25, -0.2) is 4.98 Å². The highest BCUT2D eigenvalue weighted by molar-refractivity contribution is 7.09. The Morgan fingerprint density at radius 1 is 1.43 bits per heavy atom. The third kappa shape index (κ3) is 3.63. The van der Waals surface area contributed by atoms with Crippen molar-refractivity contribution in [2.75, 3.05) is 20.1 Å². The number of likely N-dealkylation sites (tertiary alicyclic amines) is 2. The SMILES string of the molecule is Cc1nc(/C=C/C(=O)N2CC[C@@H]3[C@@H](CCCC(=O)N3C)C2)cs1. The van der Waals surface area contributed by atoms with Gasteiger partial charge in [-0.1, -0.05) is 0 Å². The van der Waals surface area contributed by atoms with Gasteiger partial charge in [0.25, 0.3) is 0 Å². The number of piperidine rings is 1. The molecule has 0 aliphatic carbocycles. The van der Waals surface area contributed by atoms with Gasteiger partial charge in [0.2, 0.25) is 11.8 Å². The Morgan fingerprint density at radius 3 is 3.00 bits per heavy atom. The fourth-order valence-electron chi connectivity index (χ4n) is 3.61. The maximum absolute atomic E-state index is 12.4. The molecule has 2 aliphatic rings. The van der Waals surface area contributed by atoms with Crippen LogP contribution in [0.2, 0.25) is 0 Å². The van der Waals surface area contributed by atoms with Gasteiger partial charge in [0.05, 0.1) is 10.7 Å². The molecule has 1 aromatic rings. The first-order valence-electron chi connectivity index (χ1n) is 8.19. The fraction of sp³-hybridized carbons (Fsp3) is 0.588. The number of nitrogens with zero attached hydrogens (tertiary/aromatic N) is 3. The Balaban J connectivity index is 1.63. The molecule has 5 nitrogen and oxygen atoms in total. The van der Waals surface area contributed by atoms with E-state index < -0.39 is 0 Å². The molecule has 3 rings (SSSR count). The van der Waals surface area contributed by atoms with Gasteiger partial charge in [0.15, 0.2) is 0 Å². The lowest BCUT2D eigenvalue weighted by atomic mass is 9.88. The summed E-state index contributed by atoms with van der Waals surface area (Å²) in [4.78, 5) is 32.6. The van der Waals surface area contributed by atoms with E-state index in [0.717, 1.165) is 43.1 Å². The predicted molar refractivity (Wildman–Crippen MR) is 91.0 cm³/mol. The minimum absolute atomic E-state index is 0.0485. The van der Waals surface area contributed by atoms with Crippen LogP contribution in [0.4, 0.5) is 0 Å². The molecule has 2 amide bonds. The summed E-state index contributed by atoms with van der Waals surface area (Å²) in [6.07, 6.45) is 6.89. The first-order chi connectivity index (χ1) is 11.0. The van der Waals surface area contributed by atoms with Crippen LogP contribution in [0.1, 0.15) is 36.4 Å². The number of aryl methyl sites for hydroxylation is 1. The second kappa shape index (κ2) is 6.83. The zero-order valence-electron chi connectivity index (χ0n) is 13.7. The number of thiazole rings is 1. The molecule has 2 fully saturated rings. The average molecular weight is 333 g/mol. The van der Waals surface area contributed by atoms with Crippen molar-refractivity contribution in [2.45, 2.75) is 38.6 Å². The van der Waals surface area contributed by atoms with E-state index in [9.17, 15) is 9.59 Å². The molecule has 0 spiro atoms. The second-order valence-corrected chi connectivity index (χ2v) is 7.48. The van der Waals surface area contributed by atoms with Gasteiger partial charge in [-0.2, -0.15) is 0 Å². The minimum Gasteiger partial charge on any atom is -0.342 e. The molecule has 23 heavy (non-hydrogen) atoms. The van der Waals surface area contributed by atoms with E-state index in [0.29, 0.717) is 18.4 Å². The van der Waals surface area contributed by atoms with Crippen LogP contribution in [-0.4, -0.2) is 52.8 Å². The average Bonchev–Trinajstić information content (AvgIpc) is 2.91. The molecule has 0 N–H and O–H groups in total. The Hall–Kier alpha value is -1.69. The summed E-state index contributed by atoms with van der Waals surface area (Å²) in [6.45, 7) is 3.43. The summed E-state index contributed by atoms with van der Waals surface area (Å²) in [5.74, 6) is 0.697. The second-order valence-electron chi connectivity index (χ2n) is 6.42. The smallest absolute Gasteiger partial charge is 0.246 e. The number of aromatic nitrogens is 1. The van der Waals surface area contributed by atoms with Crippen LogP contribution in [0.15, 0.2) is 11.5 Å². The van der Waals surface area contributed by atoms with Gasteiger partial charge < -0.3 is 9.80 Å². The van der Waals surface area contributed by atoms with Crippen molar-refractivity contribution in [3.05, 3.63) is 22.2 Å². The first kappa shape index (κ1) is 16.2. The summed E-state index contributed by atoms with van der Waals surface area (Å²) in [5, 5.41) is 2.96. The molecule has 124 valence electrons. The van der Waals surface area contributed by atoms with Crippen LogP contribution in [-0.2, 0) is 9.59 Å². The van der Waals surface area contributed by atoms with Crippen molar-refractivity contribution in [3.8, 4) is 0 Å². The minimum atomic E-state index is 0.0485. The quantitative estimate of drug-likeness (QED) is 0.781. The van der Waals surface area contributed by atoms with Gasteiger partial charge in [-0.3, -0.25) is 9.59 Å². The van der Waals surface area contributed by atoms with Gasteiger partial charge in [0.1, 0.15) is 0 Å². The third-order valence-electron chi connectivity index (χ3n) is 4.90. The molecule has 2 atom stereocenters. The lowest BCUT2D eigenvalue weighted by molar-refractivity contribution is -0.134. The molecule has 1 aromatic heterocycles. The predicted octanol–water partition coefficient (Wildman–Crippen LogP) is 2.32. The van der Waals surface area contributed by atoms with E-state index in [-0.39, 0.29) is 11.8 Å². The van der Waals surface area contributed by atoms with Crippen molar-refractivity contribution in [2.24, 2.45) is 5.92 Å². The molecule has 3 heterocycles. The van der Waals surface area contributed by atoms with E-state index in [1.807, 2.05) is 29.2 Å². The molecular formula is C17H23N3O2S. The Labute approximate surface area is 141 Å². The van der Waals surface area contributed by atoms with Crippen molar-refractivity contribution in [1.82, 2.24) is 14.8 Å². The van der Waals surface area contributed by atoms with E-state index in [1.165, 1.54) is 0 Å². The highest BCUT2D eigenvalue weighted by Crippen LogP contribution is 2.29. The van der Waals surface area contributed by atoms with Crippen LogP contribution in [0.3, 0.4) is 0 Å². The zero-order valence-corrected chi connectivity index (χ0v) is 14.5. The third-order valence-corrected chi connectivity index (χ3v) is 5.69. The summed E-state index contributed by atoms with van der Waals surface area (Å²) in [5.41, 5.74) is 0.843. The van der Waals surface area contributed by atoms with Crippen molar-refractivity contribution in [1.29, 1.82) is 0 Å². The summed E-state index contributed by atoms with van der Waals surface area (Å²) in [7, 11) is 1.91. The molecule has 2 saturated heterocycles. The largest absolute Gasteiger partial charge is 0.342 e. The molecule has 0 bridgehead atoms. The highest BCUT2D eigenvalue weighted by Gasteiger charge is 2.36. The van der Waals surface area contributed by atoms with Gasteiger partial charge in [0, 0.05) is 44.1 Å². The molecule has 2 aliphatic heterocycles. The zero-order chi connectivity index (χ0) is 16.4. The number of amides is 2. The Kier molecular flexibility index (Phi) is 4.80. The van der Waals surface area contributed by atoms with Crippen molar-refractivity contribution < 1.29 is 9.59 Å². The number of hydrogen-bond donors (Lipinski definition) is 0. The van der Waals surface area contributed by atoms with Crippen LogP contribution in [0.25, 0.3) is 6.08 Å². The number of hydrogen-bond acceptors (Lipinski definition) is 4. The van der Waals surface area contributed by atoms with E-state index in [4.69, 9.17) is 0 Å². The standard InChI is InChI=1S/C17H23N3O2S/c1-12-18-14(11-23-12)6-7-17(22)20-9-8-15-13(10-20)4-3-5-16(21)19(15)2/h6-7,11,13,15H,3-5,8-10H2,1-2H3/b7-6+/t13-,15+/m0/s1. The number of fused-ring (bicyclic) bond motifs is 1. The maximum Gasteiger partial charge on any atom is 0.246 e. The van der Waals surface area contributed by atoms with Crippen LogP contribution in [0, 0.1) is 12.8 Å². The Morgan fingerprint density at radius 2 is 2.26 bits per heavy atom. The molecule has 0 aromatic carbocycles. The van der Waals surface area contributed by atoms with E-state index >= 15 is 0 Å².